The lowest BCUT2D eigenvalue weighted by Gasteiger charge is -2.37. The van der Waals surface area contributed by atoms with Crippen LogP contribution in [0.4, 0.5) is 5.69 Å². The van der Waals surface area contributed by atoms with Crippen molar-refractivity contribution in [1.82, 2.24) is 9.21 Å². The maximum absolute atomic E-state index is 12.6. The van der Waals surface area contributed by atoms with Crippen molar-refractivity contribution in [2.24, 2.45) is 0 Å². The van der Waals surface area contributed by atoms with Gasteiger partial charge in [-0.1, -0.05) is 12.1 Å². The number of para-hydroxylation sites is 2. The van der Waals surface area contributed by atoms with Gasteiger partial charge in [0.15, 0.2) is 0 Å². The number of fused-ring (bicyclic) bond motifs is 1. The monoisotopic (exact) mass is 419 g/mol. The number of ether oxygens (including phenoxy) is 1. The Morgan fingerprint density at radius 3 is 2.66 bits per heavy atom. The summed E-state index contributed by atoms with van der Waals surface area (Å²) in [5.74, 6) is 1.56. The van der Waals surface area contributed by atoms with Crippen molar-refractivity contribution in [3.05, 3.63) is 42.2 Å². The number of hydrogen-bond donors (Lipinski definition) is 0. The molecule has 1 aromatic carbocycles. The molecule has 2 aliphatic heterocycles. The molecule has 0 bridgehead atoms. The number of rotatable bonds is 7. The van der Waals surface area contributed by atoms with Crippen LogP contribution in [0.2, 0.25) is 0 Å². The lowest BCUT2D eigenvalue weighted by molar-refractivity contribution is 0.135. The van der Waals surface area contributed by atoms with Gasteiger partial charge in [0.1, 0.15) is 17.6 Å². The van der Waals surface area contributed by atoms with Gasteiger partial charge in [-0.2, -0.15) is 4.31 Å². The third-order valence-electron chi connectivity index (χ3n) is 5.54. The molecule has 0 N–H and O–H groups in total. The molecule has 8 heteroatoms. The van der Waals surface area contributed by atoms with Gasteiger partial charge in [0.2, 0.25) is 5.09 Å². The molecule has 1 saturated heterocycles. The molecule has 0 amide bonds. The van der Waals surface area contributed by atoms with Crippen LogP contribution in [0, 0.1) is 0 Å². The summed E-state index contributed by atoms with van der Waals surface area (Å²) in [7, 11) is -1.51. The van der Waals surface area contributed by atoms with Crippen LogP contribution in [0.1, 0.15) is 25.5 Å². The van der Waals surface area contributed by atoms with Crippen LogP contribution in [-0.4, -0.2) is 63.5 Å². The fourth-order valence-electron chi connectivity index (χ4n) is 4.09. The number of anilines is 1. The van der Waals surface area contributed by atoms with Crippen LogP contribution in [0.25, 0.3) is 0 Å². The molecule has 0 spiro atoms. The van der Waals surface area contributed by atoms with Crippen LogP contribution in [0.3, 0.4) is 0 Å². The van der Waals surface area contributed by atoms with Gasteiger partial charge < -0.3 is 14.1 Å². The van der Waals surface area contributed by atoms with E-state index in [-0.39, 0.29) is 11.2 Å². The second-order valence-corrected chi connectivity index (χ2v) is 9.64. The fraction of sp³-hybridized carbons (Fsp3) is 0.524. The average Bonchev–Trinajstić information content (AvgIpc) is 3.40. The highest BCUT2D eigenvalue weighted by Gasteiger charge is 2.30. The van der Waals surface area contributed by atoms with Crippen LogP contribution in [0.15, 0.2) is 45.9 Å². The third-order valence-corrected chi connectivity index (χ3v) is 7.32. The van der Waals surface area contributed by atoms with E-state index in [4.69, 9.17) is 9.15 Å². The molecule has 1 aromatic heterocycles. The van der Waals surface area contributed by atoms with Crippen LogP contribution in [-0.2, 0) is 16.6 Å². The molecule has 3 heterocycles. The number of sulfonamides is 1. The predicted molar refractivity (Wildman–Crippen MR) is 112 cm³/mol. The minimum atomic E-state index is -3.51. The molecule has 7 nitrogen and oxygen atoms in total. The summed E-state index contributed by atoms with van der Waals surface area (Å²) in [5, 5.41) is 0.0443. The van der Waals surface area contributed by atoms with Gasteiger partial charge in [0, 0.05) is 26.2 Å². The number of benzene rings is 1. The molecule has 2 aromatic rings. The summed E-state index contributed by atoms with van der Waals surface area (Å²) in [4.78, 5) is 4.43. The average molecular weight is 420 g/mol. The first-order valence-electron chi connectivity index (χ1n) is 10.3. The van der Waals surface area contributed by atoms with Crippen molar-refractivity contribution < 1.29 is 17.6 Å². The first-order valence-corrected chi connectivity index (χ1v) is 11.7. The lowest BCUT2D eigenvalue weighted by atomic mass is 10.2. The largest absolute Gasteiger partial charge is 0.485 e. The summed E-state index contributed by atoms with van der Waals surface area (Å²) < 4.78 is 38.6. The van der Waals surface area contributed by atoms with E-state index in [0.29, 0.717) is 25.4 Å². The van der Waals surface area contributed by atoms with Crippen molar-refractivity contribution >= 4 is 15.7 Å². The zero-order valence-corrected chi connectivity index (χ0v) is 17.9. The van der Waals surface area contributed by atoms with E-state index in [1.807, 2.05) is 25.2 Å². The van der Waals surface area contributed by atoms with Crippen LogP contribution in [0.5, 0.6) is 5.75 Å². The van der Waals surface area contributed by atoms with Crippen molar-refractivity contribution in [1.29, 1.82) is 0 Å². The van der Waals surface area contributed by atoms with E-state index in [1.165, 1.54) is 4.31 Å². The Labute approximate surface area is 172 Å². The van der Waals surface area contributed by atoms with E-state index in [1.54, 1.807) is 12.1 Å². The number of hydrogen-bond acceptors (Lipinski definition) is 6. The normalized spacial score (nSPS) is 20.1. The molecule has 4 rings (SSSR count). The Kier molecular flexibility index (Phi) is 5.85. The summed E-state index contributed by atoms with van der Waals surface area (Å²) in [6.45, 7) is 6.30. The van der Waals surface area contributed by atoms with E-state index in [2.05, 4.69) is 22.8 Å². The zero-order valence-electron chi connectivity index (χ0n) is 17.1. The van der Waals surface area contributed by atoms with Gasteiger partial charge in [-0.3, -0.25) is 4.90 Å². The molecule has 29 heavy (non-hydrogen) atoms. The molecule has 158 valence electrons. The Morgan fingerprint density at radius 1 is 1.14 bits per heavy atom. The number of likely N-dealkylation sites (N-methyl/N-ethyl adjacent to an activating group) is 2. The zero-order chi connectivity index (χ0) is 20.4. The van der Waals surface area contributed by atoms with Crippen molar-refractivity contribution in [3.8, 4) is 5.75 Å². The highest BCUT2D eigenvalue weighted by Crippen LogP contribution is 2.33. The van der Waals surface area contributed by atoms with E-state index in [9.17, 15) is 8.42 Å². The van der Waals surface area contributed by atoms with E-state index < -0.39 is 10.0 Å². The molecular formula is C21H29N3O4S. The molecule has 0 aliphatic carbocycles. The quantitative estimate of drug-likeness (QED) is 0.688. The summed E-state index contributed by atoms with van der Waals surface area (Å²) in [5.41, 5.74) is 1.14. The van der Waals surface area contributed by atoms with Crippen LogP contribution >= 0.6 is 0 Å². The topological polar surface area (TPSA) is 66.2 Å². The Hall–Kier alpha value is -2.03. The first-order chi connectivity index (χ1) is 14.0. The maximum Gasteiger partial charge on any atom is 0.276 e. The van der Waals surface area contributed by atoms with Gasteiger partial charge in [-0.25, -0.2) is 8.42 Å². The van der Waals surface area contributed by atoms with Gasteiger partial charge in [-0.05, 0) is 51.1 Å². The van der Waals surface area contributed by atoms with Crippen LogP contribution < -0.4 is 9.64 Å². The molecule has 1 unspecified atom stereocenters. The SMILES string of the molecule is CCN1CC(CN(C)Cc2ccc(S(=O)(=O)N3CCCC3)o2)Oc2ccccc21. The fourth-order valence-corrected chi connectivity index (χ4v) is 5.54. The Morgan fingerprint density at radius 2 is 1.90 bits per heavy atom. The summed E-state index contributed by atoms with van der Waals surface area (Å²) in [6.07, 6.45) is 1.86. The number of furan rings is 1. The van der Waals surface area contributed by atoms with Gasteiger partial charge in [0.05, 0.1) is 18.8 Å². The predicted octanol–water partition coefficient (Wildman–Crippen LogP) is 2.78. The van der Waals surface area contributed by atoms with E-state index >= 15 is 0 Å². The molecule has 2 aliphatic rings. The standard InChI is InChI=1S/C21H29N3O4S/c1-3-23-16-18(27-20-9-5-4-8-19(20)23)15-22(2)14-17-10-11-21(28-17)29(25,26)24-12-6-7-13-24/h4-5,8-11,18H,3,6-7,12-16H2,1-2H3. The first kappa shape index (κ1) is 20.3. The van der Waals surface area contributed by atoms with Gasteiger partial charge in [0.25, 0.3) is 10.0 Å². The van der Waals surface area contributed by atoms with Crippen molar-refractivity contribution in [2.45, 2.75) is 37.5 Å². The number of nitrogens with zero attached hydrogens (tertiary/aromatic N) is 3. The summed E-state index contributed by atoms with van der Waals surface area (Å²) >= 11 is 0. The molecule has 0 saturated carbocycles. The van der Waals surface area contributed by atoms with Gasteiger partial charge >= 0.3 is 0 Å². The lowest BCUT2D eigenvalue weighted by Crippen LogP contribution is -2.45. The molecule has 1 fully saturated rings. The highest BCUT2D eigenvalue weighted by molar-refractivity contribution is 7.89. The second-order valence-electron chi connectivity index (χ2n) is 7.77. The Balaban J connectivity index is 1.38. The molecular weight excluding hydrogens is 390 g/mol. The Bertz CT molecular complexity index is 937. The molecule has 1 atom stereocenters. The minimum absolute atomic E-state index is 0.0395. The minimum Gasteiger partial charge on any atom is -0.485 e. The third kappa shape index (κ3) is 4.29. The summed E-state index contributed by atoms with van der Waals surface area (Å²) in [6, 6.07) is 11.4. The molecule has 0 radical (unpaired) electrons. The van der Waals surface area contributed by atoms with Crippen molar-refractivity contribution in [2.75, 3.05) is 44.7 Å². The highest BCUT2D eigenvalue weighted by atomic mass is 32.2. The maximum atomic E-state index is 12.6. The van der Waals surface area contributed by atoms with Crippen molar-refractivity contribution in [3.63, 3.8) is 0 Å². The smallest absolute Gasteiger partial charge is 0.276 e. The second kappa shape index (κ2) is 8.38. The van der Waals surface area contributed by atoms with E-state index in [0.717, 1.165) is 43.9 Å². The van der Waals surface area contributed by atoms with Gasteiger partial charge in [-0.15, -0.1) is 0 Å².